The van der Waals surface area contributed by atoms with Crippen molar-refractivity contribution >= 4 is 11.6 Å². The number of carbonyl (C=O) groups is 2. The van der Waals surface area contributed by atoms with E-state index in [1.807, 2.05) is 0 Å². The van der Waals surface area contributed by atoms with Gasteiger partial charge in [-0.15, -0.1) is 0 Å². The SMILES string of the molecule is O=C(CC(=O)c1cc(F)ccc1F)c1ccncc1. The molecule has 1 heterocycles. The van der Waals surface area contributed by atoms with Gasteiger partial charge < -0.3 is 0 Å². The molecule has 0 saturated heterocycles. The highest BCUT2D eigenvalue weighted by Gasteiger charge is 2.17. The Morgan fingerprint density at radius 2 is 1.68 bits per heavy atom. The van der Waals surface area contributed by atoms with E-state index in [0.29, 0.717) is 5.56 Å². The van der Waals surface area contributed by atoms with Gasteiger partial charge in [0.15, 0.2) is 11.6 Å². The first-order valence-corrected chi connectivity index (χ1v) is 5.49. The van der Waals surface area contributed by atoms with Gasteiger partial charge in [-0.25, -0.2) is 8.78 Å². The lowest BCUT2D eigenvalue weighted by atomic mass is 10.0. The minimum atomic E-state index is -0.839. The maximum atomic E-state index is 13.4. The number of pyridine rings is 1. The van der Waals surface area contributed by atoms with E-state index in [4.69, 9.17) is 0 Å². The molecule has 1 aromatic heterocycles. The van der Waals surface area contributed by atoms with Crippen LogP contribution in [0.3, 0.4) is 0 Å². The molecule has 0 amide bonds. The Morgan fingerprint density at radius 1 is 1.00 bits per heavy atom. The summed E-state index contributed by atoms with van der Waals surface area (Å²) >= 11 is 0. The van der Waals surface area contributed by atoms with E-state index >= 15 is 0 Å². The van der Waals surface area contributed by atoms with E-state index in [1.54, 1.807) is 0 Å². The lowest BCUT2D eigenvalue weighted by Crippen LogP contribution is -2.10. The lowest BCUT2D eigenvalue weighted by molar-refractivity contribution is 0.0892. The molecule has 0 aliphatic carbocycles. The maximum absolute atomic E-state index is 13.4. The van der Waals surface area contributed by atoms with E-state index in [1.165, 1.54) is 24.5 Å². The third kappa shape index (κ3) is 3.07. The summed E-state index contributed by atoms with van der Waals surface area (Å²) in [4.78, 5) is 27.3. The molecule has 1 aromatic carbocycles. The van der Waals surface area contributed by atoms with E-state index in [-0.39, 0.29) is 0 Å². The largest absolute Gasteiger partial charge is 0.294 e. The molecule has 0 N–H and O–H groups in total. The third-order valence-electron chi connectivity index (χ3n) is 2.55. The number of Topliss-reactive ketones (excluding diaryl/α,β-unsaturated/α-hetero) is 2. The molecule has 0 spiro atoms. The Kier molecular flexibility index (Phi) is 3.75. The van der Waals surface area contributed by atoms with E-state index in [0.717, 1.165) is 18.2 Å². The summed E-state index contributed by atoms with van der Waals surface area (Å²) in [6.45, 7) is 0. The monoisotopic (exact) mass is 261 g/mol. The molecular weight excluding hydrogens is 252 g/mol. The average molecular weight is 261 g/mol. The van der Waals surface area contributed by atoms with Crippen LogP contribution in [-0.4, -0.2) is 16.6 Å². The summed E-state index contributed by atoms with van der Waals surface area (Å²) in [6, 6.07) is 5.48. The van der Waals surface area contributed by atoms with Gasteiger partial charge in [-0.1, -0.05) is 0 Å². The summed E-state index contributed by atoms with van der Waals surface area (Å²) in [6.07, 6.45) is 2.32. The van der Waals surface area contributed by atoms with Crippen LogP contribution in [0.1, 0.15) is 27.1 Å². The molecule has 0 atom stereocenters. The molecule has 0 unspecified atom stereocenters. The fourth-order valence-electron chi connectivity index (χ4n) is 1.59. The van der Waals surface area contributed by atoms with E-state index in [9.17, 15) is 18.4 Å². The predicted molar refractivity (Wildman–Crippen MR) is 63.9 cm³/mol. The summed E-state index contributed by atoms with van der Waals surface area (Å²) < 4.78 is 26.3. The molecule has 3 nitrogen and oxygen atoms in total. The molecule has 2 rings (SSSR count). The predicted octanol–water partition coefficient (Wildman–Crippen LogP) is 2.82. The molecule has 0 aliphatic rings. The minimum Gasteiger partial charge on any atom is -0.294 e. The molecule has 0 radical (unpaired) electrons. The van der Waals surface area contributed by atoms with Crippen molar-refractivity contribution in [2.45, 2.75) is 6.42 Å². The van der Waals surface area contributed by atoms with Crippen molar-refractivity contribution in [2.24, 2.45) is 0 Å². The smallest absolute Gasteiger partial charge is 0.173 e. The molecule has 19 heavy (non-hydrogen) atoms. The van der Waals surface area contributed by atoms with Crippen molar-refractivity contribution < 1.29 is 18.4 Å². The molecule has 0 saturated carbocycles. The maximum Gasteiger partial charge on any atom is 0.173 e. The first-order valence-electron chi connectivity index (χ1n) is 5.49. The lowest BCUT2D eigenvalue weighted by Gasteiger charge is -2.02. The van der Waals surface area contributed by atoms with Crippen molar-refractivity contribution in [3.63, 3.8) is 0 Å². The summed E-state index contributed by atoms with van der Waals surface area (Å²) in [5, 5.41) is 0. The van der Waals surface area contributed by atoms with E-state index in [2.05, 4.69) is 4.98 Å². The van der Waals surface area contributed by atoms with Gasteiger partial charge in [0.1, 0.15) is 11.6 Å². The van der Waals surface area contributed by atoms with Gasteiger partial charge >= 0.3 is 0 Å². The molecular formula is C14H9F2NO2. The van der Waals surface area contributed by atoms with Crippen LogP contribution >= 0.6 is 0 Å². The van der Waals surface area contributed by atoms with Gasteiger partial charge in [-0.2, -0.15) is 0 Å². The van der Waals surface area contributed by atoms with Gasteiger partial charge in [0.2, 0.25) is 0 Å². The Labute approximate surface area is 107 Å². The third-order valence-corrected chi connectivity index (χ3v) is 2.55. The average Bonchev–Trinajstić information content (AvgIpc) is 2.42. The highest BCUT2D eigenvalue weighted by atomic mass is 19.1. The minimum absolute atomic E-state index is 0.306. The van der Waals surface area contributed by atoms with Crippen LogP contribution in [0, 0.1) is 11.6 Å². The Hall–Kier alpha value is -2.43. The van der Waals surface area contributed by atoms with Gasteiger partial charge in [0, 0.05) is 18.0 Å². The van der Waals surface area contributed by atoms with Gasteiger partial charge in [-0.05, 0) is 30.3 Å². The van der Waals surface area contributed by atoms with Gasteiger partial charge in [-0.3, -0.25) is 14.6 Å². The number of hydrogen-bond acceptors (Lipinski definition) is 3. The first-order chi connectivity index (χ1) is 9.08. The Morgan fingerprint density at radius 3 is 2.37 bits per heavy atom. The zero-order valence-electron chi connectivity index (χ0n) is 9.77. The summed E-state index contributed by atoms with van der Waals surface area (Å²) in [5.74, 6) is -2.77. The fourth-order valence-corrected chi connectivity index (χ4v) is 1.59. The normalized spacial score (nSPS) is 10.2. The second kappa shape index (κ2) is 5.48. The number of aromatic nitrogens is 1. The van der Waals surface area contributed by atoms with Crippen LogP contribution in [0.5, 0.6) is 0 Å². The zero-order chi connectivity index (χ0) is 13.8. The van der Waals surface area contributed by atoms with Crippen molar-refractivity contribution in [1.82, 2.24) is 4.98 Å². The number of benzene rings is 1. The topological polar surface area (TPSA) is 47.0 Å². The summed E-state index contributed by atoms with van der Waals surface area (Å²) in [5.41, 5.74) is -0.109. The Bertz CT molecular complexity index is 627. The van der Waals surface area contributed by atoms with Crippen molar-refractivity contribution in [2.75, 3.05) is 0 Å². The van der Waals surface area contributed by atoms with E-state index < -0.39 is 35.2 Å². The molecule has 0 fully saturated rings. The molecule has 0 aliphatic heterocycles. The molecule has 5 heteroatoms. The number of hydrogen-bond donors (Lipinski definition) is 0. The van der Waals surface area contributed by atoms with Gasteiger partial charge in [0.25, 0.3) is 0 Å². The molecule has 2 aromatic rings. The second-order valence-electron chi connectivity index (χ2n) is 3.88. The number of halogens is 2. The van der Waals surface area contributed by atoms with Crippen molar-refractivity contribution in [1.29, 1.82) is 0 Å². The Balaban J connectivity index is 2.18. The number of rotatable bonds is 4. The van der Waals surface area contributed by atoms with Crippen molar-refractivity contribution in [3.05, 3.63) is 65.5 Å². The van der Waals surface area contributed by atoms with Crippen molar-refractivity contribution in [3.8, 4) is 0 Å². The fraction of sp³-hybridized carbons (Fsp3) is 0.0714. The summed E-state index contributed by atoms with van der Waals surface area (Å²) in [7, 11) is 0. The molecule has 96 valence electrons. The van der Waals surface area contributed by atoms with Crippen LogP contribution < -0.4 is 0 Å². The number of ketones is 2. The standard InChI is InChI=1S/C14H9F2NO2/c15-10-1-2-12(16)11(7-10)14(19)8-13(18)9-3-5-17-6-4-9/h1-7H,8H2. The van der Waals surface area contributed by atoms with Crippen LogP contribution in [0.25, 0.3) is 0 Å². The first kappa shape index (κ1) is 13.0. The zero-order valence-corrected chi connectivity index (χ0v) is 9.77. The number of nitrogens with zero attached hydrogens (tertiary/aromatic N) is 1. The highest BCUT2D eigenvalue weighted by molar-refractivity contribution is 6.13. The van der Waals surface area contributed by atoms with Crippen LogP contribution in [0.4, 0.5) is 8.78 Å². The molecule has 0 bridgehead atoms. The second-order valence-corrected chi connectivity index (χ2v) is 3.88. The van der Waals surface area contributed by atoms with Gasteiger partial charge in [0.05, 0.1) is 12.0 Å². The number of carbonyl (C=O) groups excluding carboxylic acids is 2. The van der Waals surface area contributed by atoms with Crippen LogP contribution in [-0.2, 0) is 0 Å². The quantitative estimate of drug-likeness (QED) is 0.628. The van der Waals surface area contributed by atoms with Crippen LogP contribution in [0.15, 0.2) is 42.7 Å². The van der Waals surface area contributed by atoms with Crippen LogP contribution in [0.2, 0.25) is 0 Å². The highest BCUT2D eigenvalue weighted by Crippen LogP contribution is 2.13.